The van der Waals surface area contributed by atoms with Crippen molar-refractivity contribution in [3.8, 4) is 11.6 Å². The molecule has 0 aliphatic heterocycles. The van der Waals surface area contributed by atoms with Gasteiger partial charge in [-0.2, -0.15) is 0 Å². The average molecular weight is 271 g/mol. The summed E-state index contributed by atoms with van der Waals surface area (Å²) >= 11 is 0. The number of carbonyl (C=O) groups is 1. The Hall–Kier alpha value is -2.56. The van der Waals surface area contributed by atoms with E-state index in [4.69, 9.17) is 16.2 Å². The van der Waals surface area contributed by atoms with Crippen molar-refractivity contribution < 1.29 is 9.53 Å². The van der Waals surface area contributed by atoms with Crippen molar-refractivity contribution in [3.05, 3.63) is 46.6 Å². The van der Waals surface area contributed by atoms with Crippen LogP contribution >= 0.6 is 0 Å². The van der Waals surface area contributed by atoms with Gasteiger partial charge in [0.1, 0.15) is 5.75 Å². The first kappa shape index (κ1) is 13.9. The number of aryl methyl sites for hydroxylation is 3. The minimum atomic E-state index is -0.462. The van der Waals surface area contributed by atoms with Crippen molar-refractivity contribution >= 4 is 11.6 Å². The third-order valence-corrected chi connectivity index (χ3v) is 3.12. The molecule has 0 fully saturated rings. The van der Waals surface area contributed by atoms with E-state index < -0.39 is 5.91 Å². The lowest BCUT2D eigenvalue weighted by molar-refractivity contribution is 0.1000. The first-order chi connectivity index (χ1) is 9.40. The van der Waals surface area contributed by atoms with Crippen molar-refractivity contribution in [2.24, 2.45) is 5.73 Å². The number of ether oxygens (including phenoxy) is 1. The third kappa shape index (κ3) is 2.56. The van der Waals surface area contributed by atoms with Crippen molar-refractivity contribution in [3.63, 3.8) is 0 Å². The molecule has 1 amide bonds. The fraction of sp³-hybridized carbons (Fsp3) is 0.200. The lowest BCUT2D eigenvalue weighted by Crippen LogP contribution is -2.11. The van der Waals surface area contributed by atoms with E-state index in [9.17, 15) is 4.79 Å². The number of amides is 1. The Morgan fingerprint density at radius 3 is 2.30 bits per heavy atom. The van der Waals surface area contributed by atoms with Crippen LogP contribution in [0.1, 0.15) is 27.0 Å². The van der Waals surface area contributed by atoms with Crippen LogP contribution in [0.25, 0.3) is 0 Å². The molecule has 0 spiro atoms. The molecule has 1 heterocycles. The predicted molar refractivity (Wildman–Crippen MR) is 77.9 cm³/mol. The van der Waals surface area contributed by atoms with Crippen LogP contribution in [-0.2, 0) is 0 Å². The summed E-state index contributed by atoms with van der Waals surface area (Å²) in [6.07, 6.45) is 1.64. The predicted octanol–water partition coefficient (Wildman–Crippen LogP) is 2.48. The summed E-state index contributed by atoms with van der Waals surface area (Å²) in [4.78, 5) is 15.4. The molecular formula is C15H17N3O2. The highest BCUT2D eigenvalue weighted by atomic mass is 16.5. The van der Waals surface area contributed by atoms with Gasteiger partial charge in [-0.25, -0.2) is 4.98 Å². The summed E-state index contributed by atoms with van der Waals surface area (Å²) in [6, 6.07) is 5.20. The summed E-state index contributed by atoms with van der Waals surface area (Å²) in [5.41, 5.74) is 14.7. The number of pyridine rings is 1. The zero-order valence-corrected chi connectivity index (χ0v) is 11.7. The van der Waals surface area contributed by atoms with E-state index in [2.05, 4.69) is 4.98 Å². The van der Waals surface area contributed by atoms with Crippen LogP contribution in [0, 0.1) is 20.8 Å². The van der Waals surface area contributed by atoms with Crippen molar-refractivity contribution in [2.45, 2.75) is 20.8 Å². The summed E-state index contributed by atoms with van der Waals surface area (Å²) in [7, 11) is 0. The van der Waals surface area contributed by atoms with Crippen LogP contribution < -0.4 is 16.2 Å². The molecule has 0 saturated heterocycles. The Bertz CT molecular complexity index is 658. The number of nitrogens with two attached hydrogens (primary N) is 2. The van der Waals surface area contributed by atoms with Crippen LogP contribution in [0.5, 0.6) is 11.6 Å². The fourth-order valence-electron chi connectivity index (χ4n) is 1.98. The maximum Gasteiger partial charge on any atom is 0.248 e. The molecule has 2 aromatic rings. The number of aromatic nitrogens is 1. The number of hydrogen-bond acceptors (Lipinski definition) is 4. The number of nitrogen functional groups attached to an aromatic ring is 1. The molecule has 20 heavy (non-hydrogen) atoms. The summed E-state index contributed by atoms with van der Waals surface area (Å²) in [5.74, 6) is 0.541. The second-order valence-corrected chi connectivity index (χ2v) is 4.75. The third-order valence-electron chi connectivity index (χ3n) is 3.12. The molecule has 0 saturated carbocycles. The lowest BCUT2D eigenvalue weighted by Gasteiger charge is -2.14. The molecule has 104 valence electrons. The lowest BCUT2D eigenvalue weighted by atomic mass is 10.1. The Kier molecular flexibility index (Phi) is 3.61. The van der Waals surface area contributed by atoms with Gasteiger partial charge in [-0.15, -0.1) is 0 Å². The molecule has 5 nitrogen and oxygen atoms in total. The van der Waals surface area contributed by atoms with Crippen molar-refractivity contribution in [1.82, 2.24) is 4.98 Å². The van der Waals surface area contributed by atoms with E-state index in [1.807, 2.05) is 26.8 Å². The van der Waals surface area contributed by atoms with E-state index in [0.717, 1.165) is 16.7 Å². The standard InChI is InChI=1S/C15H17N3O2/c1-8-4-5-18-15(12(8)16)20-13-9(2)6-11(14(17)19)7-10(13)3/h4-7H,16H2,1-3H3,(H2,17,19). The molecule has 0 bridgehead atoms. The maximum absolute atomic E-state index is 11.2. The van der Waals surface area contributed by atoms with Crippen molar-refractivity contribution in [2.75, 3.05) is 5.73 Å². The maximum atomic E-state index is 11.2. The zero-order valence-electron chi connectivity index (χ0n) is 11.7. The van der Waals surface area contributed by atoms with E-state index >= 15 is 0 Å². The van der Waals surface area contributed by atoms with Crippen LogP contribution in [0.3, 0.4) is 0 Å². The SMILES string of the molecule is Cc1ccnc(Oc2c(C)cc(C(N)=O)cc2C)c1N. The smallest absolute Gasteiger partial charge is 0.248 e. The minimum Gasteiger partial charge on any atom is -0.437 e. The molecule has 0 unspecified atom stereocenters. The number of primary amides is 1. The summed E-state index contributed by atoms with van der Waals surface area (Å²) in [6.45, 7) is 5.58. The van der Waals surface area contributed by atoms with Crippen LogP contribution in [0.4, 0.5) is 5.69 Å². The molecule has 0 radical (unpaired) electrons. The number of hydrogen-bond donors (Lipinski definition) is 2. The monoisotopic (exact) mass is 271 g/mol. The molecular weight excluding hydrogens is 254 g/mol. The molecule has 1 aromatic heterocycles. The highest BCUT2D eigenvalue weighted by Crippen LogP contribution is 2.32. The number of benzene rings is 1. The first-order valence-corrected chi connectivity index (χ1v) is 6.20. The Balaban J connectivity index is 2.44. The van der Waals surface area contributed by atoms with E-state index in [1.54, 1.807) is 18.3 Å². The van der Waals surface area contributed by atoms with Gasteiger partial charge < -0.3 is 16.2 Å². The summed E-state index contributed by atoms with van der Waals surface area (Å²) in [5, 5.41) is 0. The molecule has 0 aliphatic rings. The van der Waals surface area contributed by atoms with Gasteiger partial charge >= 0.3 is 0 Å². The van der Waals surface area contributed by atoms with Gasteiger partial charge in [-0.1, -0.05) is 0 Å². The quantitative estimate of drug-likeness (QED) is 0.897. The summed E-state index contributed by atoms with van der Waals surface area (Å²) < 4.78 is 5.80. The second-order valence-electron chi connectivity index (χ2n) is 4.75. The van der Waals surface area contributed by atoms with E-state index in [-0.39, 0.29) is 0 Å². The number of nitrogens with zero attached hydrogens (tertiary/aromatic N) is 1. The number of carbonyl (C=O) groups excluding carboxylic acids is 1. The number of anilines is 1. The molecule has 1 aromatic carbocycles. The van der Waals surface area contributed by atoms with Gasteiger partial charge in [0.15, 0.2) is 0 Å². The first-order valence-electron chi connectivity index (χ1n) is 6.20. The Labute approximate surface area is 117 Å². The highest BCUT2D eigenvalue weighted by molar-refractivity contribution is 5.93. The van der Waals surface area contributed by atoms with Gasteiger partial charge in [0.2, 0.25) is 11.8 Å². The highest BCUT2D eigenvalue weighted by Gasteiger charge is 2.13. The van der Waals surface area contributed by atoms with Gasteiger partial charge in [0.25, 0.3) is 0 Å². The zero-order chi connectivity index (χ0) is 14.9. The topological polar surface area (TPSA) is 91.2 Å². The van der Waals surface area contributed by atoms with Crippen molar-refractivity contribution in [1.29, 1.82) is 0 Å². The van der Waals surface area contributed by atoms with E-state index in [1.165, 1.54) is 0 Å². The van der Waals surface area contributed by atoms with Gasteiger partial charge in [0, 0.05) is 11.8 Å². The average Bonchev–Trinajstić information content (AvgIpc) is 2.38. The van der Waals surface area contributed by atoms with Gasteiger partial charge in [0.05, 0.1) is 5.69 Å². The molecule has 0 aliphatic carbocycles. The van der Waals surface area contributed by atoms with E-state index in [0.29, 0.717) is 22.9 Å². The Morgan fingerprint density at radius 1 is 1.15 bits per heavy atom. The Morgan fingerprint density at radius 2 is 1.75 bits per heavy atom. The van der Waals surface area contributed by atoms with Crippen LogP contribution in [0.2, 0.25) is 0 Å². The molecule has 0 atom stereocenters. The van der Waals surface area contributed by atoms with Gasteiger partial charge in [-0.3, -0.25) is 4.79 Å². The largest absolute Gasteiger partial charge is 0.437 e. The molecule has 4 N–H and O–H groups in total. The second kappa shape index (κ2) is 5.21. The van der Waals surface area contributed by atoms with Crippen LogP contribution in [0.15, 0.2) is 24.4 Å². The van der Waals surface area contributed by atoms with Crippen LogP contribution in [-0.4, -0.2) is 10.9 Å². The van der Waals surface area contributed by atoms with Gasteiger partial charge in [-0.05, 0) is 55.7 Å². The molecule has 5 heteroatoms. The molecule has 2 rings (SSSR count). The fourth-order valence-corrected chi connectivity index (χ4v) is 1.98. The minimum absolute atomic E-state index is 0.364. The number of rotatable bonds is 3. The normalized spacial score (nSPS) is 10.3.